The average molecular weight is 603 g/mol. The number of hydrogen-bond donors (Lipinski definition) is 2. The molecule has 3 rings (SSSR count). The second-order valence-electron chi connectivity index (χ2n) is 10.7. The van der Waals surface area contributed by atoms with Gasteiger partial charge in [0.2, 0.25) is 0 Å². The van der Waals surface area contributed by atoms with E-state index in [4.69, 9.17) is 30.4 Å². The van der Waals surface area contributed by atoms with Gasteiger partial charge in [-0.2, -0.15) is 0 Å². The minimum Gasteiger partial charge on any atom is -0.494 e. The molecule has 0 aliphatic heterocycles. The van der Waals surface area contributed by atoms with E-state index in [0.29, 0.717) is 42.5 Å². The molecule has 3 aromatic rings. The van der Waals surface area contributed by atoms with Crippen LogP contribution in [0.3, 0.4) is 0 Å². The Kier molecular flexibility index (Phi) is 15.2. The predicted octanol–water partition coefficient (Wildman–Crippen LogP) is 8.01. The molecule has 0 atom stereocenters. The first-order valence-corrected chi connectivity index (χ1v) is 15.6. The summed E-state index contributed by atoms with van der Waals surface area (Å²) in [4.78, 5) is 24.3. The minimum absolute atomic E-state index is 0.380. The summed E-state index contributed by atoms with van der Waals surface area (Å²) >= 11 is 0. The van der Waals surface area contributed by atoms with Crippen molar-refractivity contribution in [3.8, 4) is 17.2 Å². The van der Waals surface area contributed by atoms with E-state index in [1.165, 1.54) is 25.3 Å². The Hall–Kier alpha value is -4.46. The van der Waals surface area contributed by atoms with Gasteiger partial charge in [0.15, 0.2) is 0 Å². The number of rotatable bonds is 20. The second-order valence-corrected chi connectivity index (χ2v) is 10.7. The highest BCUT2D eigenvalue weighted by Gasteiger charge is 2.08. The van der Waals surface area contributed by atoms with E-state index in [1.807, 2.05) is 36.4 Å². The van der Waals surface area contributed by atoms with Crippen molar-refractivity contribution < 1.29 is 28.5 Å². The zero-order valence-electron chi connectivity index (χ0n) is 25.8. The Morgan fingerprint density at radius 3 is 1.73 bits per heavy atom. The summed E-state index contributed by atoms with van der Waals surface area (Å²) < 4.78 is 22.3. The Labute approximate surface area is 261 Å². The van der Waals surface area contributed by atoms with Crippen LogP contribution in [0.25, 0.3) is 6.08 Å². The van der Waals surface area contributed by atoms with Gasteiger partial charge in [-0.25, -0.2) is 9.59 Å². The minimum atomic E-state index is -0.442. The maximum atomic E-state index is 12.2. The number of unbranched alkanes of at least 4 members (excludes halogenated alkanes) is 8. The van der Waals surface area contributed by atoms with Crippen molar-refractivity contribution in [3.63, 3.8) is 0 Å². The van der Waals surface area contributed by atoms with Gasteiger partial charge in [-0.1, -0.05) is 64.0 Å². The van der Waals surface area contributed by atoms with E-state index in [9.17, 15) is 9.59 Å². The lowest BCUT2D eigenvalue weighted by Gasteiger charge is -2.08. The highest BCUT2D eigenvalue weighted by Crippen LogP contribution is 2.19. The van der Waals surface area contributed by atoms with Crippen LogP contribution in [0.15, 0.2) is 72.8 Å². The number of carbonyl (C=O) groups is 2. The Morgan fingerprint density at radius 2 is 1.14 bits per heavy atom. The molecule has 0 spiro atoms. The fourth-order valence-electron chi connectivity index (χ4n) is 4.46. The highest BCUT2D eigenvalue weighted by atomic mass is 16.5. The normalized spacial score (nSPS) is 10.9. The molecule has 0 saturated heterocycles. The molecular formula is C36H46N2O6. The first-order valence-electron chi connectivity index (χ1n) is 15.6. The smallest absolute Gasteiger partial charge is 0.338 e. The molecule has 0 aliphatic rings. The lowest BCUT2D eigenvalue weighted by atomic mass is 10.1. The molecule has 0 heterocycles. The van der Waals surface area contributed by atoms with E-state index in [-0.39, 0.29) is 0 Å². The van der Waals surface area contributed by atoms with Gasteiger partial charge >= 0.3 is 11.9 Å². The van der Waals surface area contributed by atoms with Crippen molar-refractivity contribution in [3.05, 3.63) is 83.9 Å². The summed E-state index contributed by atoms with van der Waals surface area (Å²) in [5.41, 5.74) is 13.6. The van der Waals surface area contributed by atoms with E-state index in [1.54, 1.807) is 36.4 Å². The first-order chi connectivity index (χ1) is 21.4. The van der Waals surface area contributed by atoms with Crippen LogP contribution >= 0.6 is 0 Å². The lowest BCUT2D eigenvalue weighted by molar-refractivity contribution is -0.128. The van der Waals surface area contributed by atoms with Gasteiger partial charge in [-0.05, 0) is 85.5 Å². The van der Waals surface area contributed by atoms with Crippen molar-refractivity contribution >= 4 is 29.4 Å². The average Bonchev–Trinajstić information content (AvgIpc) is 3.01. The first kappa shape index (κ1) is 34.0. The molecule has 0 aliphatic carbocycles. The molecular weight excluding hydrogens is 556 g/mol. The number of anilines is 2. The molecule has 0 aromatic heterocycles. The fourth-order valence-corrected chi connectivity index (χ4v) is 4.46. The molecule has 0 bridgehead atoms. The van der Waals surface area contributed by atoms with E-state index in [0.717, 1.165) is 62.0 Å². The lowest BCUT2D eigenvalue weighted by Crippen LogP contribution is -2.07. The van der Waals surface area contributed by atoms with Crippen molar-refractivity contribution in [2.45, 2.75) is 71.1 Å². The topological polar surface area (TPSA) is 123 Å². The van der Waals surface area contributed by atoms with Gasteiger partial charge in [0, 0.05) is 17.5 Å². The summed E-state index contributed by atoms with van der Waals surface area (Å²) in [7, 11) is 0. The van der Waals surface area contributed by atoms with Crippen molar-refractivity contribution in [2.75, 3.05) is 31.3 Å². The largest absolute Gasteiger partial charge is 0.494 e. The maximum absolute atomic E-state index is 12.2. The van der Waals surface area contributed by atoms with Gasteiger partial charge in [0.25, 0.3) is 0 Å². The van der Waals surface area contributed by atoms with Gasteiger partial charge in [0.1, 0.15) is 17.2 Å². The quantitative estimate of drug-likeness (QED) is 0.0438. The van der Waals surface area contributed by atoms with Crippen LogP contribution < -0.4 is 25.7 Å². The van der Waals surface area contributed by atoms with E-state index in [2.05, 4.69) is 6.92 Å². The van der Waals surface area contributed by atoms with Gasteiger partial charge in [-0.15, -0.1) is 0 Å². The van der Waals surface area contributed by atoms with E-state index < -0.39 is 11.9 Å². The zero-order valence-corrected chi connectivity index (χ0v) is 25.8. The molecule has 236 valence electrons. The van der Waals surface area contributed by atoms with Crippen LogP contribution in [0.1, 0.15) is 87.1 Å². The standard InChI is InChI=1S/C36H46N2O6/c1-2-3-4-9-22-42-33-17-19-34(20-18-33)44-35(39)21-14-28-12-15-32(16-13-28)41-23-10-7-5-6-8-11-24-43-36(40)29-25-30(37)27-31(38)26-29/h12-21,25-27H,2-11,22-24,37-38H2,1H3. The third kappa shape index (κ3) is 13.7. The van der Waals surface area contributed by atoms with Crippen LogP contribution in [0.4, 0.5) is 11.4 Å². The molecule has 0 unspecified atom stereocenters. The third-order valence-electron chi connectivity index (χ3n) is 6.85. The zero-order chi connectivity index (χ0) is 31.4. The molecule has 0 radical (unpaired) electrons. The molecule has 4 N–H and O–H groups in total. The molecule has 0 fully saturated rings. The van der Waals surface area contributed by atoms with Gasteiger partial charge in [0.05, 0.1) is 25.4 Å². The predicted molar refractivity (Wildman–Crippen MR) is 176 cm³/mol. The number of nitrogens with two attached hydrogens (primary N) is 2. The summed E-state index contributed by atoms with van der Waals surface area (Å²) in [5.74, 6) is 1.20. The molecule has 8 heteroatoms. The van der Waals surface area contributed by atoms with Crippen molar-refractivity contribution in [1.82, 2.24) is 0 Å². The summed E-state index contributed by atoms with van der Waals surface area (Å²) in [6.07, 6.45) is 13.8. The molecule has 44 heavy (non-hydrogen) atoms. The van der Waals surface area contributed by atoms with E-state index >= 15 is 0 Å². The number of hydrogen-bond acceptors (Lipinski definition) is 8. The van der Waals surface area contributed by atoms with Gasteiger partial charge < -0.3 is 30.4 Å². The highest BCUT2D eigenvalue weighted by molar-refractivity contribution is 5.91. The number of carbonyl (C=O) groups excluding carboxylic acids is 2. The monoisotopic (exact) mass is 602 g/mol. The second kappa shape index (κ2) is 19.7. The number of nitrogen functional groups attached to an aromatic ring is 2. The Balaban J connectivity index is 1.21. The molecule has 0 saturated carbocycles. The van der Waals surface area contributed by atoms with Crippen LogP contribution in [-0.2, 0) is 9.53 Å². The molecule has 3 aromatic carbocycles. The van der Waals surface area contributed by atoms with Crippen LogP contribution in [0.5, 0.6) is 17.2 Å². The summed E-state index contributed by atoms with van der Waals surface area (Å²) in [5, 5.41) is 0. The van der Waals surface area contributed by atoms with Crippen LogP contribution in [-0.4, -0.2) is 31.8 Å². The van der Waals surface area contributed by atoms with Crippen molar-refractivity contribution in [1.29, 1.82) is 0 Å². The summed E-state index contributed by atoms with van der Waals surface area (Å²) in [6.45, 7) is 3.90. The molecule has 0 amide bonds. The maximum Gasteiger partial charge on any atom is 0.338 e. The number of benzene rings is 3. The Morgan fingerprint density at radius 1 is 0.636 bits per heavy atom. The van der Waals surface area contributed by atoms with Crippen LogP contribution in [0, 0.1) is 0 Å². The van der Waals surface area contributed by atoms with Crippen molar-refractivity contribution in [2.24, 2.45) is 0 Å². The summed E-state index contributed by atoms with van der Waals surface area (Å²) in [6, 6.07) is 19.4. The Bertz CT molecular complexity index is 1280. The number of ether oxygens (including phenoxy) is 4. The fraction of sp³-hybridized carbons (Fsp3) is 0.389. The number of esters is 2. The van der Waals surface area contributed by atoms with Crippen LogP contribution in [0.2, 0.25) is 0 Å². The van der Waals surface area contributed by atoms with Gasteiger partial charge in [-0.3, -0.25) is 0 Å². The third-order valence-corrected chi connectivity index (χ3v) is 6.85. The SMILES string of the molecule is CCCCCCOc1ccc(OC(=O)C=Cc2ccc(OCCCCCCCCOC(=O)c3cc(N)cc(N)c3)cc2)cc1. The molecule has 8 nitrogen and oxygen atoms in total.